The third-order valence-electron chi connectivity index (χ3n) is 2.05. The number of nitrogens with zero attached hydrogens (tertiary/aromatic N) is 2. The van der Waals surface area contributed by atoms with Gasteiger partial charge in [-0.25, -0.2) is 9.97 Å². The standard InChI is InChI=1S/C10H11N2P/c1-6-10-8(12-7(2)11-6)4-3-5-9(10)13/h3-5H,13H2,1-2H3. The van der Waals surface area contributed by atoms with Crippen molar-refractivity contribution in [2.24, 2.45) is 0 Å². The van der Waals surface area contributed by atoms with Crippen LogP contribution < -0.4 is 5.30 Å². The van der Waals surface area contributed by atoms with E-state index in [2.05, 4.69) is 25.3 Å². The van der Waals surface area contributed by atoms with Crippen LogP contribution in [0.15, 0.2) is 18.2 Å². The molecule has 0 aliphatic heterocycles. The van der Waals surface area contributed by atoms with Crippen molar-refractivity contribution in [2.75, 3.05) is 0 Å². The largest absolute Gasteiger partial charge is 0.238 e. The molecule has 0 aliphatic carbocycles. The first-order chi connectivity index (χ1) is 6.18. The Morgan fingerprint density at radius 1 is 1.15 bits per heavy atom. The fourth-order valence-electron chi connectivity index (χ4n) is 1.54. The van der Waals surface area contributed by atoms with Gasteiger partial charge in [-0.3, -0.25) is 0 Å². The van der Waals surface area contributed by atoms with Crippen LogP contribution in [0.1, 0.15) is 11.5 Å². The zero-order valence-electron chi connectivity index (χ0n) is 7.70. The molecule has 0 aliphatic rings. The molecule has 1 unspecified atom stereocenters. The minimum absolute atomic E-state index is 0.834. The van der Waals surface area contributed by atoms with Gasteiger partial charge in [0.15, 0.2) is 0 Å². The monoisotopic (exact) mass is 190 g/mol. The summed E-state index contributed by atoms with van der Waals surface area (Å²) in [6, 6.07) is 6.08. The van der Waals surface area contributed by atoms with Crippen LogP contribution in [-0.2, 0) is 0 Å². The van der Waals surface area contributed by atoms with Crippen LogP contribution >= 0.6 is 9.24 Å². The smallest absolute Gasteiger partial charge is 0.126 e. The van der Waals surface area contributed by atoms with Crippen LogP contribution in [0, 0.1) is 13.8 Å². The van der Waals surface area contributed by atoms with E-state index in [1.54, 1.807) is 0 Å². The Bertz CT molecular complexity index is 466. The van der Waals surface area contributed by atoms with Gasteiger partial charge in [0.1, 0.15) is 5.82 Å². The topological polar surface area (TPSA) is 25.8 Å². The van der Waals surface area contributed by atoms with E-state index < -0.39 is 0 Å². The van der Waals surface area contributed by atoms with E-state index in [0.717, 1.165) is 27.7 Å². The third kappa shape index (κ3) is 1.42. The molecular weight excluding hydrogens is 179 g/mol. The highest BCUT2D eigenvalue weighted by molar-refractivity contribution is 7.28. The fourth-order valence-corrected chi connectivity index (χ4v) is 2.01. The molecule has 1 atom stereocenters. The van der Waals surface area contributed by atoms with Gasteiger partial charge in [-0.05, 0) is 25.2 Å². The lowest BCUT2D eigenvalue weighted by molar-refractivity contribution is 1.05. The third-order valence-corrected chi connectivity index (χ3v) is 2.53. The van der Waals surface area contributed by atoms with Crippen molar-refractivity contribution < 1.29 is 0 Å². The van der Waals surface area contributed by atoms with Gasteiger partial charge in [-0.2, -0.15) is 0 Å². The summed E-state index contributed by atoms with van der Waals surface area (Å²) in [5.74, 6) is 0.834. The molecule has 2 aromatic rings. The van der Waals surface area contributed by atoms with E-state index in [0.29, 0.717) is 0 Å². The van der Waals surface area contributed by atoms with Crippen molar-refractivity contribution in [1.82, 2.24) is 9.97 Å². The minimum atomic E-state index is 0.834. The van der Waals surface area contributed by atoms with Crippen molar-refractivity contribution in [3.63, 3.8) is 0 Å². The minimum Gasteiger partial charge on any atom is -0.238 e. The molecule has 2 nitrogen and oxygen atoms in total. The molecule has 2 rings (SSSR count). The van der Waals surface area contributed by atoms with Gasteiger partial charge in [-0.15, -0.1) is 9.24 Å². The summed E-state index contributed by atoms with van der Waals surface area (Å²) in [7, 11) is 2.71. The number of benzene rings is 1. The lowest BCUT2D eigenvalue weighted by Crippen LogP contribution is -2.00. The van der Waals surface area contributed by atoms with Gasteiger partial charge in [0.25, 0.3) is 0 Å². The molecule has 0 amide bonds. The van der Waals surface area contributed by atoms with Gasteiger partial charge in [0.2, 0.25) is 0 Å². The lowest BCUT2D eigenvalue weighted by Gasteiger charge is -2.04. The normalized spacial score (nSPS) is 10.7. The first-order valence-electron chi connectivity index (χ1n) is 4.18. The quantitative estimate of drug-likeness (QED) is 0.591. The Morgan fingerprint density at radius 3 is 2.69 bits per heavy atom. The number of fused-ring (bicyclic) bond motifs is 1. The molecule has 13 heavy (non-hydrogen) atoms. The molecular formula is C10H11N2P. The Labute approximate surface area is 79.6 Å². The summed E-state index contributed by atoms with van der Waals surface area (Å²) in [4.78, 5) is 8.71. The summed E-state index contributed by atoms with van der Waals surface area (Å²) in [6.45, 7) is 3.94. The molecule has 0 saturated carbocycles. The molecule has 0 saturated heterocycles. The van der Waals surface area contributed by atoms with Crippen molar-refractivity contribution in [3.05, 3.63) is 29.7 Å². The highest BCUT2D eigenvalue weighted by atomic mass is 31.0. The Hall–Kier alpha value is -1.01. The van der Waals surface area contributed by atoms with Gasteiger partial charge in [0, 0.05) is 11.1 Å². The Kier molecular flexibility index (Phi) is 2.01. The van der Waals surface area contributed by atoms with E-state index in [4.69, 9.17) is 0 Å². The summed E-state index contributed by atoms with van der Waals surface area (Å²) in [5.41, 5.74) is 2.07. The Balaban J connectivity index is 2.94. The van der Waals surface area contributed by atoms with Gasteiger partial charge < -0.3 is 0 Å². The first-order valence-corrected chi connectivity index (χ1v) is 4.75. The summed E-state index contributed by atoms with van der Waals surface area (Å²) >= 11 is 0. The zero-order chi connectivity index (χ0) is 9.42. The van der Waals surface area contributed by atoms with Crippen LogP contribution in [-0.4, -0.2) is 9.97 Å². The average molecular weight is 190 g/mol. The summed E-state index contributed by atoms with van der Waals surface area (Å²) in [5, 5.41) is 2.31. The first kappa shape index (κ1) is 8.58. The Morgan fingerprint density at radius 2 is 1.92 bits per heavy atom. The number of aryl methyl sites for hydroxylation is 2. The molecule has 0 radical (unpaired) electrons. The second-order valence-electron chi connectivity index (χ2n) is 3.10. The molecule has 0 fully saturated rings. The van der Waals surface area contributed by atoms with Crippen LogP contribution in [0.4, 0.5) is 0 Å². The molecule has 3 heteroatoms. The highest BCUT2D eigenvalue weighted by Crippen LogP contribution is 2.14. The van der Waals surface area contributed by atoms with Crippen LogP contribution in [0.5, 0.6) is 0 Å². The molecule has 1 heterocycles. The highest BCUT2D eigenvalue weighted by Gasteiger charge is 2.03. The molecule has 66 valence electrons. The molecule has 0 bridgehead atoms. The van der Waals surface area contributed by atoms with E-state index >= 15 is 0 Å². The molecule has 0 N–H and O–H groups in total. The maximum atomic E-state index is 4.37. The number of hydrogen-bond donors (Lipinski definition) is 0. The van der Waals surface area contributed by atoms with Gasteiger partial charge in [-0.1, -0.05) is 12.1 Å². The van der Waals surface area contributed by atoms with Crippen molar-refractivity contribution in [3.8, 4) is 0 Å². The van der Waals surface area contributed by atoms with Gasteiger partial charge >= 0.3 is 0 Å². The second-order valence-corrected chi connectivity index (χ2v) is 3.72. The maximum Gasteiger partial charge on any atom is 0.126 e. The van der Waals surface area contributed by atoms with E-state index in [1.807, 2.05) is 26.0 Å². The van der Waals surface area contributed by atoms with Crippen LogP contribution in [0.25, 0.3) is 10.9 Å². The second kappa shape index (κ2) is 3.04. The van der Waals surface area contributed by atoms with Crippen LogP contribution in [0.3, 0.4) is 0 Å². The van der Waals surface area contributed by atoms with Crippen molar-refractivity contribution in [2.45, 2.75) is 13.8 Å². The predicted octanol–water partition coefficient (Wildman–Crippen LogP) is 1.75. The average Bonchev–Trinajstić information content (AvgIpc) is 2.02. The summed E-state index contributed by atoms with van der Waals surface area (Å²) < 4.78 is 0. The number of rotatable bonds is 0. The zero-order valence-corrected chi connectivity index (χ0v) is 8.86. The maximum absolute atomic E-state index is 4.37. The van der Waals surface area contributed by atoms with E-state index in [1.165, 1.54) is 0 Å². The molecule has 0 spiro atoms. The number of hydrogen-bond acceptors (Lipinski definition) is 2. The summed E-state index contributed by atoms with van der Waals surface area (Å²) in [6.07, 6.45) is 0. The predicted molar refractivity (Wildman–Crippen MR) is 58.4 cm³/mol. The van der Waals surface area contributed by atoms with Crippen molar-refractivity contribution in [1.29, 1.82) is 0 Å². The van der Waals surface area contributed by atoms with Crippen LogP contribution in [0.2, 0.25) is 0 Å². The van der Waals surface area contributed by atoms with E-state index in [-0.39, 0.29) is 0 Å². The van der Waals surface area contributed by atoms with E-state index in [9.17, 15) is 0 Å². The van der Waals surface area contributed by atoms with Gasteiger partial charge in [0.05, 0.1) is 5.52 Å². The number of aromatic nitrogens is 2. The molecule has 1 aromatic carbocycles. The van der Waals surface area contributed by atoms with Crippen molar-refractivity contribution >= 4 is 25.4 Å². The lowest BCUT2D eigenvalue weighted by atomic mass is 10.2. The molecule has 1 aromatic heterocycles. The fraction of sp³-hybridized carbons (Fsp3) is 0.200. The SMILES string of the molecule is Cc1nc(C)c2c(P)cccc2n1.